The summed E-state index contributed by atoms with van der Waals surface area (Å²) in [4.78, 5) is 0. The lowest BCUT2D eigenvalue weighted by Gasteiger charge is -2.54. The number of hydrogen-bond acceptors (Lipinski definition) is 1. The number of alkyl halides is 26. The van der Waals surface area contributed by atoms with Gasteiger partial charge in [-0.2, -0.15) is 101 Å². The first kappa shape index (κ1) is 37.1. The van der Waals surface area contributed by atoms with Crippen LogP contribution in [0.5, 0.6) is 0 Å². The van der Waals surface area contributed by atoms with Crippen molar-refractivity contribution in [2.45, 2.75) is 72.0 Å². The van der Waals surface area contributed by atoms with Crippen LogP contribution in [0.3, 0.4) is 0 Å². The summed E-state index contributed by atoms with van der Waals surface area (Å²) in [6.07, 6.45) is -63.5. The molecule has 0 aromatic rings. The van der Waals surface area contributed by atoms with Gasteiger partial charge in [-0.3, -0.25) is 4.74 Å². The minimum Gasteiger partial charge on any atom is -0.264 e. The first-order chi connectivity index (χ1) is 16.2. The molecule has 236 valence electrons. The van der Waals surface area contributed by atoms with Gasteiger partial charge in [-0.15, -0.1) is 0 Å². The van der Waals surface area contributed by atoms with E-state index in [0.29, 0.717) is 4.74 Å². The lowest BCUT2D eigenvalue weighted by molar-refractivity contribution is -0.545. The zero-order valence-electron chi connectivity index (χ0n) is 16.2. The van der Waals surface area contributed by atoms with E-state index in [4.69, 9.17) is 0 Å². The molecule has 3 atom stereocenters. The average Bonchev–Trinajstić information content (AvgIpc) is 2.59. The Labute approximate surface area is 192 Å². The summed E-state index contributed by atoms with van der Waals surface area (Å²) in [6.45, 7) is 0. The van der Waals surface area contributed by atoms with Crippen molar-refractivity contribution in [2.24, 2.45) is 0 Å². The molecule has 0 saturated carbocycles. The van der Waals surface area contributed by atoms with Crippen molar-refractivity contribution in [1.29, 1.82) is 0 Å². The van der Waals surface area contributed by atoms with Crippen molar-refractivity contribution in [3.63, 3.8) is 0 Å². The van der Waals surface area contributed by atoms with E-state index in [1.54, 1.807) is 0 Å². The van der Waals surface area contributed by atoms with E-state index in [1.807, 2.05) is 0 Å². The third-order valence-corrected chi connectivity index (χ3v) is 4.32. The molecule has 0 amide bonds. The van der Waals surface area contributed by atoms with Crippen LogP contribution in [0, 0.1) is 0 Å². The average molecular weight is 654 g/mol. The Morgan fingerprint density at radius 2 is 0.538 bits per heavy atom. The molecule has 0 spiro atoms. The number of ether oxygens (including phenoxy) is 1. The van der Waals surface area contributed by atoms with Crippen LogP contribution in [0.15, 0.2) is 0 Å². The molecule has 0 fully saturated rings. The fraction of sp³-hybridized carbons (Fsp3) is 1.00. The molecular formula is C12F26O. The van der Waals surface area contributed by atoms with Crippen molar-refractivity contribution in [3.8, 4) is 0 Å². The molecule has 0 aromatic carbocycles. The quantitative estimate of drug-likeness (QED) is 0.262. The van der Waals surface area contributed by atoms with Gasteiger partial charge in [-0.05, 0) is 0 Å². The van der Waals surface area contributed by atoms with Gasteiger partial charge in [0.1, 0.15) is 0 Å². The van der Waals surface area contributed by atoms with Crippen molar-refractivity contribution >= 4 is 0 Å². The summed E-state index contributed by atoms with van der Waals surface area (Å²) in [5.41, 5.74) is -31.3. The Hall–Kier alpha value is -1.86. The summed E-state index contributed by atoms with van der Waals surface area (Å²) in [7, 11) is 0. The van der Waals surface area contributed by atoms with Gasteiger partial charge < -0.3 is 0 Å². The number of halogens is 26. The minimum atomic E-state index is -10.8. The smallest absolute Gasteiger partial charge is 0.264 e. The van der Waals surface area contributed by atoms with Crippen molar-refractivity contribution in [2.75, 3.05) is 0 Å². The molecule has 0 aromatic heterocycles. The molecule has 0 N–H and O–H groups in total. The van der Waals surface area contributed by atoms with E-state index in [1.165, 1.54) is 0 Å². The second-order valence-electron chi connectivity index (χ2n) is 6.75. The molecule has 3 unspecified atom stereocenters. The van der Waals surface area contributed by atoms with Crippen LogP contribution < -0.4 is 0 Å². The molecule has 0 heterocycles. The normalized spacial score (nSPS) is 20.8. The molecule has 0 rings (SSSR count). The predicted molar refractivity (Wildman–Crippen MR) is 62.7 cm³/mol. The van der Waals surface area contributed by atoms with E-state index in [9.17, 15) is 110 Å². The zero-order valence-corrected chi connectivity index (χ0v) is 16.2. The van der Waals surface area contributed by atoms with E-state index >= 15 is 4.39 Å². The Balaban J connectivity index is 9.07. The molecule has 0 aliphatic carbocycles. The third kappa shape index (κ3) is 4.75. The highest BCUT2D eigenvalue weighted by atomic mass is 19.5. The molecule has 0 saturated heterocycles. The molecule has 1 nitrogen and oxygen atoms in total. The Bertz CT molecular complexity index is 864. The zero-order chi connectivity index (χ0) is 32.7. The number of rotatable bonds is 6. The Morgan fingerprint density at radius 1 is 0.256 bits per heavy atom. The van der Waals surface area contributed by atoms with Crippen LogP contribution in [0.25, 0.3) is 0 Å². The van der Waals surface area contributed by atoms with Gasteiger partial charge in [0.2, 0.25) is 0 Å². The van der Waals surface area contributed by atoms with Gasteiger partial charge in [0.25, 0.3) is 5.67 Å². The summed E-state index contributed by atoms with van der Waals surface area (Å²) in [6, 6.07) is 0. The second-order valence-corrected chi connectivity index (χ2v) is 6.75. The lowest BCUT2D eigenvalue weighted by Crippen LogP contribution is -2.89. The predicted octanol–water partition coefficient (Wildman–Crippen LogP) is 8.40. The monoisotopic (exact) mass is 654 g/mol. The van der Waals surface area contributed by atoms with Crippen molar-refractivity contribution in [1.82, 2.24) is 0 Å². The van der Waals surface area contributed by atoms with Gasteiger partial charge in [0.05, 0.1) is 0 Å². The summed E-state index contributed by atoms with van der Waals surface area (Å²) >= 11 is 0. The SMILES string of the molecule is FC(F)(F)C(F)(F)OC(F)(C(F)(F)F)C(F)(C(F)(C(F)(F)F)C(F)(F)F)C(F)(C(F)(F)F)C(F)(F)C(F)(F)F. The van der Waals surface area contributed by atoms with Crippen LogP contribution in [0.4, 0.5) is 114 Å². The molecule has 0 bridgehead atoms. The van der Waals surface area contributed by atoms with Crippen LogP contribution in [0.1, 0.15) is 0 Å². The van der Waals surface area contributed by atoms with Gasteiger partial charge >= 0.3 is 66.3 Å². The topological polar surface area (TPSA) is 9.23 Å². The molecule has 0 aliphatic heterocycles. The third-order valence-electron chi connectivity index (χ3n) is 4.32. The minimum absolute atomic E-state index is 0.599. The van der Waals surface area contributed by atoms with E-state index in [2.05, 4.69) is 0 Å². The van der Waals surface area contributed by atoms with Crippen LogP contribution in [-0.4, -0.2) is 72.0 Å². The second kappa shape index (κ2) is 8.82. The maximum absolute atomic E-state index is 15.1. The van der Waals surface area contributed by atoms with Crippen LogP contribution in [-0.2, 0) is 4.74 Å². The summed E-state index contributed by atoms with van der Waals surface area (Å²) in [5.74, 6) is -19.8. The first-order valence-electron chi connectivity index (χ1n) is 7.82. The van der Waals surface area contributed by atoms with Gasteiger partial charge in [-0.1, -0.05) is 0 Å². The molecule has 27 heteroatoms. The molecule has 0 radical (unpaired) electrons. The van der Waals surface area contributed by atoms with Crippen LogP contribution in [0.2, 0.25) is 0 Å². The highest BCUT2D eigenvalue weighted by molar-refractivity contribution is 5.32. The van der Waals surface area contributed by atoms with E-state index in [0.717, 1.165) is 0 Å². The van der Waals surface area contributed by atoms with Gasteiger partial charge in [0.15, 0.2) is 0 Å². The van der Waals surface area contributed by atoms with Gasteiger partial charge in [0, 0.05) is 0 Å². The molecule has 0 aliphatic rings. The van der Waals surface area contributed by atoms with Gasteiger partial charge in [-0.25, -0.2) is 13.2 Å². The summed E-state index contributed by atoms with van der Waals surface area (Å²) in [5, 5.41) is 0. The largest absolute Gasteiger partial charge is 0.483 e. The maximum Gasteiger partial charge on any atom is 0.483 e. The fourth-order valence-electron chi connectivity index (χ4n) is 2.57. The van der Waals surface area contributed by atoms with E-state index < -0.39 is 72.0 Å². The number of hydrogen-bond donors (Lipinski definition) is 0. The van der Waals surface area contributed by atoms with Crippen LogP contribution >= 0.6 is 0 Å². The standard InChI is InChI=1S/C12F26O/c13-1(3(15,7(22,23)24)8(25,26)27,2(14,6(19,20)21)4(16,17)9(28,29)30)5(18,10(31,32)33)39-12(37,38)11(34,35)36. The Kier molecular flexibility index (Phi) is 8.40. The highest BCUT2D eigenvalue weighted by Crippen LogP contribution is 2.72. The first-order valence-corrected chi connectivity index (χ1v) is 7.82. The Morgan fingerprint density at radius 3 is 0.718 bits per heavy atom. The van der Waals surface area contributed by atoms with Crippen molar-refractivity contribution < 1.29 is 119 Å². The fourth-order valence-corrected chi connectivity index (χ4v) is 2.57. The summed E-state index contributed by atoms with van der Waals surface area (Å²) < 4.78 is 341. The molecular weight excluding hydrogens is 654 g/mol. The van der Waals surface area contributed by atoms with Crippen molar-refractivity contribution in [3.05, 3.63) is 0 Å². The molecule has 39 heavy (non-hydrogen) atoms. The highest BCUT2D eigenvalue weighted by Gasteiger charge is 3.06. The maximum atomic E-state index is 15.1. The lowest BCUT2D eigenvalue weighted by atomic mass is 9.65. The van der Waals surface area contributed by atoms with E-state index in [-0.39, 0.29) is 0 Å².